The van der Waals surface area contributed by atoms with E-state index in [4.69, 9.17) is 4.98 Å². The van der Waals surface area contributed by atoms with Crippen LogP contribution in [0, 0.1) is 0 Å². The zero-order chi connectivity index (χ0) is 22.0. The average Bonchev–Trinajstić information content (AvgIpc) is 3.43. The number of rotatable bonds is 5. The zero-order valence-corrected chi connectivity index (χ0v) is 18.2. The van der Waals surface area contributed by atoms with E-state index in [-0.39, 0.29) is 0 Å². The molecule has 0 aliphatic carbocycles. The number of hydrogen-bond donors (Lipinski definition) is 0. The predicted molar refractivity (Wildman–Crippen MR) is 135 cm³/mol. The first kappa shape index (κ1) is 19.3. The van der Waals surface area contributed by atoms with Crippen LogP contribution in [0.4, 0.5) is 0 Å². The van der Waals surface area contributed by atoms with Gasteiger partial charge in [0, 0.05) is 17.3 Å². The Hall–Kier alpha value is -4.37. The standard InChI is InChI=1S/C30H23N3/c1-5-13-23(14-6-1)21-32-27(24-15-7-2-8-16-24)22-33-29(26-19-11-4-12-20-26)28(31-30(32)33)25-17-9-3-10-18-25/h1-20,22H,21H2. The third kappa shape index (κ3) is 3.54. The van der Waals surface area contributed by atoms with Gasteiger partial charge in [-0.15, -0.1) is 0 Å². The van der Waals surface area contributed by atoms with Gasteiger partial charge in [0.2, 0.25) is 5.78 Å². The highest BCUT2D eigenvalue weighted by molar-refractivity contribution is 5.82. The van der Waals surface area contributed by atoms with E-state index in [2.05, 4.69) is 130 Å². The van der Waals surface area contributed by atoms with E-state index in [9.17, 15) is 0 Å². The highest BCUT2D eigenvalue weighted by Crippen LogP contribution is 2.35. The molecule has 0 atom stereocenters. The summed E-state index contributed by atoms with van der Waals surface area (Å²) in [6.07, 6.45) is 2.23. The first-order chi connectivity index (χ1) is 16.4. The Morgan fingerprint density at radius 3 is 1.67 bits per heavy atom. The molecule has 0 N–H and O–H groups in total. The van der Waals surface area contributed by atoms with Crippen LogP contribution in [0.1, 0.15) is 5.56 Å². The van der Waals surface area contributed by atoms with Crippen molar-refractivity contribution in [1.82, 2.24) is 14.0 Å². The number of aromatic nitrogens is 3. The maximum Gasteiger partial charge on any atom is 0.215 e. The maximum atomic E-state index is 5.23. The van der Waals surface area contributed by atoms with Crippen LogP contribution < -0.4 is 0 Å². The van der Waals surface area contributed by atoms with Crippen LogP contribution in [0.3, 0.4) is 0 Å². The van der Waals surface area contributed by atoms with Crippen LogP contribution in [0.15, 0.2) is 128 Å². The van der Waals surface area contributed by atoms with Crippen LogP contribution in [-0.4, -0.2) is 14.0 Å². The SMILES string of the molecule is c1ccc(Cn2c(-c3ccccc3)cn3c(-c4ccccc4)c(-c4ccccc4)nc23)cc1. The van der Waals surface area contributed by atoms with Crippen molar-refractivity contribution in [3.05, 3.63) is 133 Å². The van der Waals surface area contributed by atoms with E-state index in [0.717, 1.165) is 40.5 Å². The Morgan fingerprint density at radius 1 is 0.545 bits per heavy atom. The van der Waals surface area contributed by atoms with Crippen molar-refractivity contribution < 1.29 is 0 Å². The van der Waals surface area contributed by atoms with Crippen LogP contribution in [0.2, 0.25) is 0 Å². The van der Waals surface area contributed by atoms with Crippen LogP contribution in [-0.2, 0) is 6.54 Å². The van der Waals surface area contributed by atoms with Gasteiger partial charge >= 0.3 is 0 Å². The summed E-state index contributed by atoms with van der Waals surface area (Å²) in [6.45, 7) is 0.751. The van der Waals surface area contributed by atoms with Gasteiger partial charge in [-0.3, -0.25) is 4.40 Å². The average molecular weight is 426 g/mol. The van der Waals surface area contributed by atoms with Gasteiger partial charge in [-0.1, -0.05) is 121 Å². The normalized spacial score (nSPS) is 11.2. The summed E-state index contributed by atoms with van der Waals surface area (Å²) in [5.74, 6) is 0.940. The summed E-state index contributed by atoms with van der Waals surface area (Å²) in [6, 6.07) is 42.1. The molecule has 0 aliphatic rings. The summed E-state index contributed by atoms with van der Waals surface area (Å²) in [4.78, 5) is 5.23. The number of hydrogen-bond acceptors (Lipinski definition) is 1. The Labute approximate surface area is 193 Å². The Kier molecular flexibility index (Phi) is 4.85. The number of nitrogens with zero attached hydrogens (tertiary/aromatic N) is 3. The molecule has 0 saturated heterocycles. The fourth-order valence-electron chi connectivity index (χ4n) is 4.46. The van der Waals surface area contributed by atoms with Gasteiger partial charge in [-0.25, -0.2) is 4.98 Å². The maximum absolute atomic E-state index is 5.23. The van der Waals surface area contributed by atoms with Gasteiger partial charge in [-0.05, 0) is 11.1 Å². The highest BCUT2D eigenvalue weighted by atomic mass is 15.2. The van der Waals surface area contributed by atoms with E-state index in [0.29, 0.717) is 0 Å². The van der Waals surface area contributed by atoms with Gasteiger partial charge in [0.15, 0.2) is 0 Å². The second kappa shape index (κ2) is 8.29. The summed E-state index contributed by atoms with van der Waals surface area (Å²) >= 11 is 0. The molecule has 0 bridgehead atoms. The molecule has 0 unspecified atom stereocenters. The molecular formula is C30H23N3. The summed E-state index contributed by atoms with van der Waals surface area (Å²) in [5.41, 5.74) is 7.96. The molecule has 158 valence electrons. The van der Waals surface area contributed by atoms with Crippen molar-refractivity contribution in [3.63, 3.8) is 0 Å². The van der Waals surface area contributed by atoms with Crippen LogP contribution in [0.5, 0.6) is 0 Å². The first-order valence-electron chi connectivity index (χ1n) is 11.2. The fraction of sp³-hybridized carbons (Fsp3) is 0.0333. The number of fused-ring (bicyclic) bond motifs is 1. The summed E-state index contributed by atoms with van der Waals surface area (Å²) < 4.78 is 4.58. The molecule has 33 heavy (non-hydrogen) atoms. The lowest BCUT2D eigenvalue weighted by Crippen LogP contribution is -2.02. The minimum Gasteiger partial charge on any atom is -0.305 e. The van der Waals surface area contributed by atoms with Gasteiger partial charge in [-0.2, -0.15) is 0 Å². The first-order valence-corrected chi connectivity index (χ1v) is 11.2. The van der Waals surface area contributed by atoms with Gasteiger partial charge in [0.05, 0.1) is 23.6 Å². The molecule has 0 fully saturated rings. The number of benzene rings is 4. The van der Waals surface area contributed by atoms with E-state index >= 15 is 0 Å². The van der Waals surface area contributed by atoms with Crippen molar-refractivity contribution in [2.24, 2.45) is 0 Å². The van der Waals surface area contributed by atoms with Gasteiger partial charge in [0.1, 0.15) is 0 Å². The van der Waals surface area contributed by atoms with Crippen molar-refractivity contribution in [2.45, 2.75) is 6.54 Å². The Balaban J connectivity index is 1.65. The van der Waals surface area contributed by atoms with E-state index in [1.54, 1.807) is 0 Å². The highest BCUT2D eigenvalue weighted by Gasteiger charge is 2.21. The largest absolute Gasteiger partial charge is 0.305 e. The molecule has 0 aliphatic heterocycles. The molecule has 4 aromatic carbocycles. The van der Waals surface area contributed by atoms with Crippen LogP contribution >= 0.6 is 0 Å². The third-order valence-electron chi connectivity index (χ3n) is 6.02. The molecule has 0 radical (unpaired) electrons. The van der Waals surface area contributed by atoms with E-state index < -0.39 is 0 Å². The predicted octanol–water partition coefficient (Wildman–Crippen LogP) is 7.19. The second-order valence-corrected chi connectivity index (χ2v) is 8.16. The van der Waals surface area contributed by atoms with Gasteiger partial charge in [0.25, 0.3) is 0 Å². The topological polar surface area (TPSA) is 22.2 Å². The van der Waals surface area contributed by atoms with Crippen molar-refractivity contribution in [2.75, 3.05) is 0 Å². The molecular weight excluding hydrogens is 402 g/mol. The molecule has 0 saturated carbocycles. The van der Waals surface area contributed by atoms with E-state index in [1.807, 2.05) is 6.07 Å². The number of imidazole rings is 2. The molecule has 3 nitrogen and oxygen atoms in total. The fourth-order valence-corrected chi connectivity index (χ4v) is 4.46. The van der Waals surface area contributed by atoms with Crippen molar-refractivity contribution >= 4 is 5.78 Å². The van der Waals surface area contributed by atoms with Crippen molar-refractivity contribution in [1.29, 1.82) is 0 Å². The molecule has 0 spiro atoms. The lowest BCUT2D eigenvalue weighted by molar-refractivity contribution is 0.826. The monoisotopic (exact) mass is 425 g/mol. The minimum atomic E-state index is 0.751. The minimum absolute atomic E-state index is 0.751. The van der Waals surface area contributed by atoms with Crippen molar-refractivity contribution in [3.8, 4) is 33.8 Å². The Bertz CT molecular complexity index is 1500. The van der Waals surface area contributed by atoms with Gasteiger partial charge < -0.3 is 4.57 Å². The molecule has 6 aromatic rings. The molecule has 6 rings (SSSR count). The van der Waals surface area contributed by atoms with E-state index in [1.165, 1.54) is 11.1 Å². The molecule has 2 heterocycles. The summed E-state index contributed by atoms with van der Waals surface area (Å²) in [7, 11) is 0. The Morgan fingerprint density at radius 2 is 1.06 bits per heavy atom. The van der Waals surface area contributed by atoms with Crippen LogP contribution in [0.25, 0.3) is 39.5 Å². The lowest BCUT2D eigenvalue weighted by atomic mass is 10.0. The quantitative estimate of drug-likeness (QED) is 0.287. The molecule has 2 aromatic heterocycles. The zero-order valence-electron chi connectivity index (χ0n) is 18.2. The molecule has 3 heteroatoms. The second-order valence-electron chi connectivity index (χ2n) is 8.16. The smallest absolute Gasteiger partial charge is 0.215 e. The third-order valence-corrected chi connectivity index (χ3v) is 6.02. The summed E-state index contributed by atoms with van der Waals surface area (Å²) in [5, 5.41) is 0. The molecule has 0 amide bonds. The lowest BCUT2D eigenvalue weighted by Gasteiger charge is -2.09.